The van der Waals surface area contributed by atoms with Crippen molar-refractivity contribution in [2.24, 2.45) is 0 Å². The van der Waals surface area contributed by atoms with E-state index in [4.69, 9.17) is 4.74 Å². The zero-order chi connectivity index (χ0) is 10.5. The van der Waals surface area contributed by atoms with Crippen LogP contribution >= 0.6 is 0 Å². The van der Waals surface area contributed by atoms with E-state index < -0.39 is 0 Å². The molecule has 1 heterocycles. The van der Waals surface area contributed by atoms with Crippen LogP contribution in [0.5, 0.6) is 5.75 Å². The largest absolute Gasteiger partial charge is 0.489 e. The minimum Gasteiger partial charge on any atom is -0.489 e. The van der Waals surface area contributed by atoms with E-state index in [-0.39, 0.29) is 0 Å². The summed E-state index contributed by atoms with van der Waals surface area (Å²) in [6.07, 6.45) is 8.80. The lowest BCUT2D eigenvalue weighted by Crippen LogP contribution is -2.19. The molecular weight excluding hydrogens is 190 g/mol. The van der Waals surface area contributed by atoms with Crippen LogP contribution in [0.25, 0.3) is 0 Å². The molecule has 0 amide bonds. The molecule has 1 aliphatic carbocycles. The molecule has 1 aromatic rings. The van der Waals surface area contributed by atoms with E-state index in [1.165, 1.54) is 19.3 Å². The van der Waals surface area contributed by atoms with Crippen LogP contribution in [0, 0.1) is 0 Å². The van der Waals surface area contributed by atoms with Gasteiger partial charge in [-0.2, -0.15) is 0 Å². The second-order valence-electron chi connectivity index (χ2n) is 3.91. The molecule has 1 saturated carbocycles. The second kappa shape index (κ2) is 4.91. The Hall–Kier alpha value is -1.38. The lowest BCUT2D eigenvalue weighted by molar-refractivity contribution is 0.111. The molecule has 0 radical (unpaired) electrons. The maximum Gasteiger partial charge on any atom is 0.168 e. The molecular formula is C12H15NO2. The SMILES string of the molecule is O=Cc1ccc(OC2CCCCC2)cn1. The van der Waals surface area contributed by atoms with Gasteiger partial charge in [0.05, 0.1) is 12.3 Å². The van der Waals surface area contributed by atoms with Crippen LogP contribution in [0.2, 0.25) is 0 Å². The molecule has 80 valence electrons. The van der Waals surface area contributed by atoms with Crippen LogP contribution in [-0.2, 0) is 0 Å². The Kier molecular flexibility index (Phi) is 3.33. The van der Waals surface area contributed by atoms with Crippen molar-refractivity contribution in [2.45, 2.75) is 38.2 Å². The van der Waals surface area contributed by atoms with Crippen molar-refractivity contribution in [3.8, 4) is 5.75 Å². The minimum atomic E-state index is 0.336. The van der Waals surface area contributed by atoms with E-state index >= 15 is 0 Å². The molecule has 0 aliphatic heterocycles. The monoisotopic (exact) mass is 205 g/mol. The quantitative estimate of drug-likeness (QED) is 0.712. The maximum atomic E-state index is 10.4. The highest BCUT2D eigenvalue weighted by atomic mass is 16.5. The summed E-state index contributed by atoms with van der Waals surface area (Å²) in [6.45, 7) is 0. The lowest BCUT2D eigenvalue weighted by atomic mass is 9.98. The number of aldehydes is 1. The molecule has 15 heavy (non-hydrogen) atoms. The molecule has 0 N–H and O–H groups in total. The van der Waals surface area contributed by atoms with Crippen molar-refractivity contribution in [3.05, 3.63) is 24.0 Å². The summed E-state index contributed by atoms with van der Waals surface area (Å²) in [5.74, 6) is 0.771. The van der Waals surface area contributed by atoms with Crippen LogP contribution in [0.15, 0.2) is 18.3 Å². The Morgan fingerprint density at radius 3 is 2.67 bits per heavy atom. The van der Waals surface area contributed by atoms with Gasteiger partial charge in [0.2, 0.25) is 0 Å². The average Bonchev–Trinajstić information content (AvgIpc) is 2.31. The number of pyridine rings is 1. The number of carbonyl (C=O) groups is 1. The third-order valence-corrected chi connectivity index (χ3v) is 2.73. The molecule has 0 aromatic carbocycles. The minimum absolute atomic E-state index is 0.336. The third-order valence-electron chi connectivity index (χ3n) is 2.73. The lowest BCUT2D eigenvalue weighted by Gasteiger charge is -2.22. The Morgan fingerprint density at radius 1 is 1.27 bits per heavy atom. The molecule has 0 spiro atoms. The van der Waals surface area contributed by atoms with Crippen molar-refractivity contribution < 1.29 is 9.53 Å². The normalized spacial score (nSPS) is 17.3. The summed E-state index contributed by atoms with van der Waals surface area (Å²) in [5.41, 5.74) is 0.450. The molecule has 3 nitrogen and oxygen atoms in total. The van der Waals surface area contributed by atoms with Gasteiger partial charge in [0, 0.05) is 0 Å². The summed E-state index contributed by atoms with van der Waals surface area (Å²) < 4.78 is 5.78. The number of ether oxygens (including phenoxy) is 1. The summed E-state index contributed by atoms with van der Waals surface area (Å²) in [5, 5.41) is 0. The number of carbonyl (C=O) groups excluding carboxylic acids is 1. The van der Waals surface area contributed by atoms with Crippen molar-refractivity contribution in [3.63, 3.8) is 0 Å². The first-order valence-electron chi connectivity index (χ1n) is 5.46. The molecule has 1 aromatic heterocycles. The predicted molar refractivity (Wildman–Crippen MR) is 57.1 cm³/mol. The fourth-order valence-corrected chi connectivity index (χ4v) is 1.91. The van der Waals surface area contributed by atoms with E-state index in [2.05, 4.69) is 4.98 Å². The van der Waals surface area contributed by atoms with Gasteiger partial charge in [-0.15, -0.1) is 0 Å². The predicted octanol–water partition coefficient (Wildman–Crippen LogP) is 2.61. The van der Waals surface area contributed by atoms with Crippen molar-refractivity contribution >= 4 is 6.29 Å². The standard InChI is InChI=1S/C12H15NO2/c14-9-10-6-7-12(8-13-10)15-11-4-2-1-3-5-11/h6-9,11H,1-5H2. The number of aromatic nitrogens is 1. The Morgan fingerprint density at radius 2 is 2.07 bits per heavy atom. The fourth-order valence-electron chi connectivity index (χ4n) is 1.91. The van der Waals surface area contributed by atoms with Crippen LogP contribution < -0.4 is 4.74 Å². The number of rotatable bonds is 3. The maximum absolute atomic E-state index is 10.4. The van der Waals surface area contributed by atoms with E-state index in [9.17, 15) is 4.79 Å². The number of hydrogen-bond acceptors (Lipinski definition) is 3. The fraction of sp³-hybridized carbons (Fsp3) is 0.500. The van der Waals surface area contributed by atoms with Gasteiger partial charge in [0.1, 0.15) is 11.4 Å². The second-order valence-corrected chi connectivity index (χ2v) is 3.91. The van der Waals surface area contributed by atoms with E-state index in [1.54, 1.807) is 12.3 Å². The van der Waals surface area contributed by atoms with Gasteiger partial charge in [0.15, 0.2) is 6.29 Å². The average molecular weight is 205 g/mol. The number of hydrogen-bond donors (Lipinski definition) is 0. The van der Waals surface area contributed by atoms with Gasteiger partial charge in [-0.25, -0.2) is 4.98 Å². The molecule has 3 heteroatoms. The van der Waals surface area contributed by atoms with Crippen LogP contribution in [0.4, 0.5) is 0 Å². The molecule has 1 fully saturated rings. The van der Waals surface area contributed by atoms with E-state index in [0.29, 0.717) is 11.8 Å². The van der Waals surface area contributed by atoms with Crippen molar-refractivity contribution in [1.82, 2.24) is 4.98 Å². The van der Waals surface area contributed by atoms with Gasteiger partial charge in [-0.3, -0.25) is 4.79 Å². The highest BCUT2D eigenvalue weighted by molar-refractivity contribution is 5.71. The Balaban J connectivity index is 1.94. The molecule has 0 unspecified atom stereocenters. The first-order valence-corrected chi connectivity index (χ1v) is 5.46. The van der Waals surface area contributed by atoms with Gasteiger partial charge >= 0.3 is 0 Å². The smallest absolute Gasteiger partial charge is 0.168 e. The van der Waals surface area contributed by atoms with E-state index in [0.717, 1.165) is 24.9 Å². The molecule has 0 bridgehead atoms. The topological polar surface area (TPSA) is 39.2 Å². The molecule has 2 rings (SSSR count). The first-order chi connectivity index (χ1) is 7.38. The van der Waals surface area contributed by atoms with E-state index in [1.807, 2.05) is 6.07 Å². The van der Waals surface area contributed by atoms with Gasteiger partial charge in [-0.1, -0.05) is 6.42 Å². The van der Waals surface area contributed by atoms with Crippen molar-refractivity contribution in [1.29, 1.82) is 0 Å². The highest BCUT2D eigenvalue weighted by Gasteiger charge is 2.14. The zero-order valence-corrected chi connectivity index (χ0v) is 8.69. The molecule has 0 saturated heterocycles. The summed E-state index contributed by atoms with van der Waals surface area (Å²) >= 11 is 0. The number of nitrogens with zero attached hydrogens (tertiary/aromatic N) is 1. The van der Waals surface area contributed by atoms with Gasteiger partial charge in [-0.05, 0) is 37.8 Å². The summed E-state index contributed by atoms with van der Waals surface area (Å²) in [4.78, 5) is 14.4. The van der Waals surface area contributed by atoms with Crippen LogP contribution in [-0.4, -0.2) is 17.4 Å². The zero-order valence-electron chi connectivity index (χ0n) is 8.69. The Labute approximate surface area is 89.5 Å². The third kappa shape index (κ3) is 2.78. The Bertz CT molecular complexity index is 315. The van der Waals surface area contributed by atoms with Gasteiger partial charge < -0.3 is 4.74 Å². The molecule has 1 aliphatic rings. The summed E-state index contributed by atoms with van der Waals surface area (Å²) in [6, 6.07) is 3.50. The van der Waals surface area contributed by atoms with Crippen LogP contribution in [0.3, 0.4) is 0 Å². The summed E-state index contributed by atoms with van der Waals surface area (Å²) in [7, 11) is 0. The first kappa shape index (κ1) is 10.1. The highest BCUT2D eigenvalue weighted by Crippen LogP contribution is 2.22. The van der Waals surface area contributed by atoms with Gasteiger partial charge in [0.25, 0.3) is 0 Å². The van der Waals surface area contributed by atoms with Crippen LogP contribution in [0.1, 0.15) is 42.6 Å². The van der Waals surface area contributed by atoms with Crippen molar-refractivity contribution in [2.75, 3.05) is 0 Å². The molecule has 0 atom stereocenters.